The Morgan fingerprint density at radius 1 is 0.726 bits per heavy atom. The Hall–Kier alpha value is -7.92. The summed E-state index contributed by atoms with van der Waals surface area (Å²) in [6.07, 6.45) is 6.67. The van der Waals surface area contributed by atoms with Crippen LogP contribution in [0, 0.1) is 37.5 Å². The van der Waals surface area contributed by atoms with Crippen LogP contribution in [0.3, 0.4) is 0 Å². The van der Waals surface area contributed by atoms with Gasteiger partial charge in [0, 0.05) is 48.7 Å². The molecule has 0 radical (unpaired) electrons. The molecule has 0 bridgehead atoms. The summed E-state index contributed by atoms with van der Waals surface area (Å²) < 4.78 is 19.6. The van der Waals surface area contributed by atoms with Gasteiger partial charge in [0.15, 0.2) is 28.5 Å². The second-order valence-corrected chi connectivity index (χ2v) is 14.6. The largest absolute Gasteiger partial charge is 0.461 e. The number of nitrogens with two attached hydrogens (primary N) is 1. The molecule has 0 aliphatic heterocycles. The maximum atomic E-state index is 12.5. The highest BCUT2D eigenvalue weighted by molar-refractivity contribution is 6.04. The van der Waals surface area contributed by atoms with Crippen LogP contribution < -0.4 is 5.73 Å². The Bertz CT molecular complexity index is 3130. The van der Waals surface area contributed by atoms with Gasteiger partial charge in [-0.15, -0.1) is 0 Å². The Kier molecular flexibility index (Phi) is 11.6. The minimum atomic E-state index is -1.54. The first kappa shape index (κ1) is 42.2. The fourth-order valence-corrected chi connectivity index (χ4v) is 6.20. The fraction of sp³-hybridized carbons (Fsp3) is 0.217. The fourth-order valence-electron chi connectivity index (χ4n) is 6.20. The summed E-state index contributed by atoms with van der Waals surface area (Å²) in [4.78, 5) is 50.5. The maximum Gasteiger partial charge on any atom is 0.357 e. The normalized spacial score (nSPS) is 12.9. The number of oxazole rings is 2. The molecule has 0 saturated carbocycles. The Morgan fingerprint density at radius 3 is 1.60 bits per heavy atom. The Balaban J connectivity index is 0.000000187. The number of carbonyl (C=O) groups excluding carboxylic acids is 2. The summed E-state index contributed by atoms with van der Waals surface area (Å²) in [5.41, 5.74) is 6.65. The highest BCUT2D eigenvalue weighted by atomic mass is 16.5. The van der Waals surface area contributed by atoms with E-state index in [9.17, 15) is 19.8 Å². The molecule has 2 aromatic carbocycles. The van der Waals surface area contributed by atoms with E-state index in [1.54, 1.807) is 74.0 Å². The third-order valence-electron chi connectivity index (χ3n) is 9.37. The molecule has 8 rings (SSSR count). The lowest BCUT2D eigenvalue weighted by molar-refractivity contribution is 0.0521. The zero-order chi connectivity index (χ0) is 44.3. The summed E-state index contributed by atoms with van der Waals surface area (Å²) in [7, 11) is 3.68. The second kappa shape index (κ2) is 17.0. The van der Waals surface area contributed by atoms with Crippen molar-refractivity contribution in [3.8, 4) is 46.5 Å². The first-order valence-corrected chi connectivity index (χ1v) is 19.2. The smallest absolute Gasteiger partial charge is 0.357 e. The third kappa shape index (κ3) is 8.97. The number of hydrogen-bond acceptors (Lipinski definition) is 13. The van der Waals surface area contributed by atoms with E-state index < -0.39 is 23.1 Å². The predicted molar refractivity (Wildman–Crippen MR) is 228 cm³/mol. The van der Waals surface area contributed by atoms with E-state index in [2.05, 4.69) is 53.6 Å². The van der Waals surface area contributed by atoms with Gasteiger partial charge in [0.2, 0.25) is 11.8 Å². The van der Waals surface area contributed by atoms with Gasteiger partial charge in [-0.25, -0.2) is 34.7 Å². The lowest BCUT2D eigenvalue weighted by atomic mass is 10.1. The van der Waals surface area contributed by atoms with Crippen molar-refractivity contribution in [2.75, 3.05) is 6.61 Å². The number of nitrogens with zero attached hydrogens (tertiary/aromatic N) is 8. The number of aromatic nitrogens is 8. The van der Waals surface area contributed by atoms with E-state index in [-0.39, 0.29) is 29.8 Å². The van der Waals surface area contributed by atoms with Crippen LogP contribution in [0.1, 0.15) is 76.2 Å². The number of ether oxygens (including phenoxy) is 1. The minimum Gasteiger partial charge on any atom is -0.461 e. The number of esters is 1. The molecule has 62 heavy (non-hydrogen) atoms. The number of aliphatic hydroxyl groups is 2. The lowest BCUT2D eigenvalue weighted by Crippen LogP contribution is -2.18. The van der Waals surface area contributed by atoms with Crippen molar-refractivity contribution in [2.45, 2.75) is 45.8 Å². The molecule has 2 atom stereocenters. The molecule has 16 heteroatoms. The van der Waals surface area contributed by atoms with Gasteiger partial charge in [0.25, 0.3) is 5.91 Å². The summed E-state index contributed by atoms with van der Waals surface area (Å²) in [5, 5.41) is 22.4. The molecule has 6 heterocycles. The van der Waals surface area contributed by atoms with Crippen molar-refractivity contribution in [3.05, 3.63) is 131 Å². The Morgan fingerprint density at radius 2 is 1.18 bits per heavy atom. The van der Waals surface area contributed by atoms with Crippen LogP contribution in [0.15, 0.2) is 94.3 Å². The number of primary amides is 1. The molecule has 312 valence electrons. The average molecular weight is 832 g/mol. The molecule has 0 fully saturated rings. The zero-order valence-electron chi connectivity index (χ0n) is 34.9. The summed E-state index contributed by atoms with van der Waals surface area (Å²) in [6, 6.07) is 18.0. The van der Waals surface area contributed by atoms with Gasteiger partial charge in [-0.3, -0.25) is 4.79 Å². The van der Waals surface area contributed by atoms with E-state index in [0.29, 0.717) is 67.5 Å². The number of rotatable bonds is 7. The number of benzene rings is 2. The van der Waals surface area contributed by atoms with Crippen LogP contribution in [0.4, 0.5) is 0 Å². The minimum absolute atomic E-state index is 0.132. The highest BCUT2D eigenvalue weighted by Crippen LogP contribution is 2.26. The topological polar surface area (TPSA) is 223 Å². The van der Waals surface area contributed by atoms with Crippen molar-refractivity contribution in [1.82, 2.24) is 39.0 Å². The monoisotopic (exact) mass is 831 g/mol. The number of aryl methyl sites for hydroxylation is 4. The van der Waals surface area contributed by atoms with Gasteiger partial charge in [0.05, 0.1) is 29.8 Å². The van der Waals surface area contributed by atoms with Crippen molar-refractivity contribution in [2.24, 2.45) is 19.8 Å². The highest BCUT2D eigenvalue weighted by Gasteiger charge is 2.27. The standard InChI is InChI=1S/C24H22N4O4.C22H19N5O3/c1-5-31-22(29)19-18-10-12-28(4)21(18)27-20(26-19)17-8-6-7-16(13-17)9-11-24(3,30)23-25-14-15(2)32-23;1-13-12-24-21(30-13)22(2,29)9-7-14-5-4-6-15(11-14)19-25-17(18(23)28)16-8-10-27(3)20(16)26-19/h6-8,10,12-14,30H,5H2,1-4H3;4-6,8,10-12,29H,1-3H3,(H2,23,28)/t24-;22-/m00/s1. The van der Waals surface area contributed by atoms with Crippen molar-refractivity contribution in [3.63, 3.8) is 0 Å². The number of amides is 1. The van der Waals surface area contributed by atoms with E-state index >= 15 is 0 Å². The van der Waals surface area contributed by atoms with Crippen LogP contribution in [0.5, 0.6) is 0 Å². The molecular weight excluding hydrogens is 791 g/mol. The SMILES string of the molecule is CCOC(=O)c1nc(-c2cccc(C#C[C@](C)(O)c3ncc(C)o3)c2)nc2c1ccn2C.Cc1cnc([C@@](C)(O)C#Cc2cccc(-c3nc(C(N)=O)c4ccn(C)c4n3)c2)o1. The number of fused-ring (bicyclic) bond motifs is 2. The van der Waals surface area contributed by atoms with E-state index in [0.717, 1.165) is 0 Å². The molecular formula is C46H41N9O7. The first-order valence-electron chi connectivity index (χ1n) is 19.2. The zero-order valence-corrected chi connectivity index (χ0v) is 34.9. The van der Waals surface area contributed by atoms with Crippen LogP contribution in [0.25, 0.3) is 44.8 Å². The molecule has 0 unspecified atom stereocenters. The quantitative estimate of drug-likeness (QED) is 0.131. The van der Waals surface area contributed by atoms with Crippen molar-refractivity contribution >= 4 is 33.9 Å². The van der Waals surface area contributed by atoms with Gasteiger partial charge in [-0.05, 0) is 71.0 Å². The number of hydrogen-bond donors (Lipinski definition) is 3. The summed E-state index contributed by atoms with van der Waals surface area (Å²) in [5.74, 6) is 12.5. The van der Waals surface area contributed by atoms with Gasteiger partial charge in [-0.2, -0.15) is 0 Å². The van der Waals surface area contributed by atoms with Crippen molar-refractivity contribution < 1.29 is 33.4 Å². The number of carbonyl (C=O) groups is 2. The van der Waals surface area contributed by atoms with E-state index in [1.807, 2.05) is 43.1 Å². The van der Waals surface area contributed by atoms with Gasteiger partial charge in [-0.1, -0.05) is 47.9 Å². The van der Waals surface area contributed by atoms with Gasteiger partial charge < -0.3 is 38.7 Å². The van der Waals surface area contributed by atoms with Crippen LogP contribution in [-0.4, -0.2) is 67.7 Å². The van der Waals surface area contributed by atoms with Crippen LogP contribution in [0.2, 0.25) is 0 Å². The lowest BCUT2D eigenvalue weighted by Gasteiger charge is -2.11. The van der Waals surface area contributed by atoms with Gasteiger partial charge in [0.1, 0.15) is 28.5 Å². The van der Waals surface area contributed by atoms with E-state index in [1.165, 1.54) is 26.2 Å². The molecule has 0 saturated heterocycles. The Labute approximate surface area is 355 Å². The average Bonchev–Trinajstić information content (AvgIpc) is 4.07. The predicted octanol–water partition coefficient (Wildman–Crippen LogP) is 5.66. The third-order valence-corrected chi connectivity index (χ3v) is 9.37. The molecule has 0 aliphatic rings. The maximum absolute atomic E-state index is 12.5. The molecule has 0 aliphatic carbocycles. The molecule has 0 spiro atoms. The summed E-state index contributed by atoms with van der Waals surface area (Å²) >= 11 is 0. The first-order chi connectivity index (χ1) is 29.5. The van der Waals surface area contributed by atoms with Gasteiger partial charge >= 0.3 is 5.97 Å². The molecule has 4 N–H and O–H groups in total. The second-order valence-electron chi connectivity index (χ2n) is 14.6. The van der Waals surface area contributed by atoms with E-state index in [4.69, 9.17) is 19.3 Å². The summed E-state index contributed by atoms with van der Waals surface area (Å²) in [6.45, 7) is 8.53. The van der Waals surface area contributed by atoms with Crippen LogP contribution >= 0.6 is 0 Å². The van der Waals surface area contributed by atoms with Crippen LogP contribution in [-0.2, 0) is 30.0 Å². The van der Waals surface area contributed by atoms with Crippen molar-refractivity contribution in [1.29, 1.82) is 0 Å². The molecule has 8 aromatic rings. The molecule has 6 aromatic heterocycles. The molecule has 16 nitrogen and oxygen atoms in total. The molecule has 1 amide bonds.